The molecule has 0 saturated heterocycles. The van der Waals surface area contributed by atoms with Crippen LogP contribution in [-0.4, -0.2) is 19.1 Å². The number of benzene rings is 1. The van der Waals surface area contributed by atoms with Gasteiger partial charge in [-0.05, 0) is 19.1 Å². The zero-order valence-corrected chi connectivity index (χ0v) is 9.34. The summed E-state index contributed by atoms with van der Waals surface area (Å²) in [6.45, 7) is 1.68. The standard InChI is InChI=1S/C10H13ClN2O2/c1-6(10(14)15-2)13-9-7(11)4-3-5-8(9)12/h3-6,13H,12H2,1-2H3. The maximum Gasteiger partial charge on any atom is 0.327 e. The third-order valence-electron chi connectivity index (χ3n) is 1.96. The van der Waals surface area contributed by atoms with Crippen LogP contribution in [0.25, 0.3) is 0 Å². The molecule has 0 amide bonds. The Bertz CT molecular complexity index is 348. The molecular formula is C10H13ClN2O2. The average Bonchev–Trinajstić information content (AvgIpc) is 2.22. The minimum absolute atomic E-state index is 0.366. The molecule has 0 spiro atoms. The summed E-state index contributed by atoms with van der Waals surface area (Å²) in [5, 5.41) is 3.38. The van der Waals surface area contributed by atoms with E-state index in [9.17, 15) is 4.79 Å². The van der Waals surface area contributed by atoms with Crippen LogP contribution in [-0.2, 0) is 9.53 Å². The molecule has 0 aliphatic rings. The molecule has 0 aliphatic carbocycles. The molecule has 1 unspecified atom stereocenters. The Morgan fingerprint density at radius 2 is 2.27 bits per heavy atom. The third-order valence-corrected chi connectivity index (χ3v) is 2.28. The van der Waals surface area contributed by atoms with Gasteiger partial charge >= 0.3 is 5.97 Å². The number of carbonyl (C=O) groups is 1. The lowest BCUT2D eigenvalue weighted by atomic mass is 10.2. The fourth-order valence-corrected chi connectivity index (χ4v) is 1.38. The van der Waals surface area contributed by atoms with Crippen LogP contribution in [0.5, 0.6) is 0 Å². The molecule has 1 aromatic carbocycles. The summed E-state index contributed by atoms with van der Waals surface area (Å²) >= 11 is 5.93. The maximum absolute atomic E-state index is 11.2. The van der Waals surface area contributed by atoms with Crippen molar-refractivity contribution < 1.29 is 9.53 Å². The van der Waals surface area contributed by atoms with E-state index in [1.807, 2.05) is 0 Å². The fraction of sp³-hybridized carbons (Fsp3) is 0.300. The highest BCUT2D eigenvalue weighted by molar-refractivity contribution is 6.34. The Morgan fingerprint density at radius 3 is 2.80 bits per heavy atom. The highest BCUT2D eigenvalue weighted by atomic mass is 35.5. The van der Waals surface area contributed by atoms with Crippen LogP contribution in [0.2, 0.25) is 5.02 Å². The summed E-state index contributed by atoms with van der Waals surface area (Å²) in [5.41, 5.74) is 6.76. The van der Waals surface area contributed by atoms with Crippen molar-refractivity contribution in [2.75, 3.05) is 18.2 Å². The maximum atomic E-state index is 11.2. The second kappa shape index (κ2) is 4.89. The molecule has 0 fully saturated rings. The molecule has 1 aromatic rings. The Kier molecular flexibility index (Phi) is 3.80. The summed E-state index contributed by atoms with van der Waals surface area (Å²) in [6, 6.07) is 4.66. The van der Waals surface area contributed by atoms with Gasteiger partial charge in [0, 0.05) is 0 Å². The number of anilines is 2. The number of carbonyl (C=O) groups excluding carboxylic acids is 1. The number of methoxy groups -OCH3 is 1. The molecular weight excluding hydrogens is 216 g/mol. The second-order valence-electron chi connectivity index (χ2n) is 3.09. The molecule has 1 atom stereocenters. The van der Waals surface area contributed by atoms with Gasteiger partial charge in [0.1, 0.15) is 6.04 Å². The van der Waals surface area contributed by atoms with E-state index in [2.05, 4.69) is 10.1 Å². The lowest BCUT2D eigenvalue weighted by molar-refractivity contribution is -0.141. The number of nitrogens with two attached hydrogens (primary N) is 1. The van der Waals surface area contributed by atoms with E-state index in [0.29, 0.717) is 16.4 Å². The van der Waals surface area contributed by atoms with Gasteiger partial charge in [-0.2, -0.15) is 0 Å². The van der Waals surface area contributed by atoms with Gasteiger partial charge in [0.05, 0.1) is 23.5 Å². The second-order valence-corrected chi connectivity index (χ2v) is 3.50. The van der Waals surface area contributed by atoms with Crippen LogP contribution in [0, 0.1) is 0 Å². The van der Waals surface area contributed by atoms with Crippen molar-refractivity contribution in [3.63, 3.8) is 0 Å². The van der Waals surface area contributed by atoms with Crippen molar-refractivity contribution in [2.24, 2.45) is 0 Å². The van der Waals surface area contributed by atoms with Gasteiger partial charge in [-0.3, -0.25) is 0 Å². The molecule has 4 nitrogen and oxygen atoms in total. The summed E-state index contributed by atoms with van der Waals surface area (Å²) in [7, 11) is 1.33. The minimum Gasteiger partial charge on any atom is -0.467 e. The van der Waals surface area contributed by atoms with Gasteiger partial charge in [0.15, 0.2) is 0 Å². The number of hydrogen-bond acceptors (Lipinski definition) is 4. The number of nitrogens with one attached hydrogen (secondary N) is 1. The molecule has 1 rings (SSSR count). The fourth-order valence-electron chi connectivity index (χ4n) is 1.15. The zero-order chi connectivity index (χ0) is 11.4. The average molecular weight is 229 g/mol. The van der Waals surface area contributed by atoms with E-state index in [-0.39, 0.29) is 5.97 Å². The number of para-hydroxylation sites is 1. The van der Waals surface area contributed by atoms with E-state index in [0.717, 1.165) is 0 Å². The van der Waals surface area contributed by atoms with Gasteiger partial charge in [0.25, 0.3) is 0 Å². The van der Waals surface area contributed by atoms with Gasteiger partial charge in [0.2, 0.25) is 0 Å². The summed E-state index contributed by atoms with van der Waals surface area (Å²) in [6.07, 6.45) is 0. The van der Waals surface area contributed by atoms with E-state index < -0.39 is 6.04 Å². The first kappa shape index (κ1) is 11.7. The largest absolute Gasteiger partial charge is 0.467 e. The van der Waals surface area contributed by atoms with E-state index in [4.69, 9.17) is 17.3 Å². The van der Waals surface area contributed by atoms with Gasteiger partial charge < -0.3 is 15.8 Å². The predicted octanol–water partition coefficient (Wildman–Crippen LogP) is 1.90. The molecule has 0 aliphatic heterocycles. The van der Waals surface area contributed by atoms with Crippen molar-refractivity contribution in [1.29, 1.82) is 0 Å². The highest BCUT2D eigenvalue weighted by Crippen LogP contribution is 2.28. The topological polar surface area (TPSA) is 64.3 Å². The van der Waals surface area contributed by atoms with Crippen LogP contribution < -0.4 is 11.1 Å². The van der Waals surface area contributed by atoms with Gasteiger partial charge in [-0.25, -0.2) is 4.79 Å². The van der Waals surface area contributed by atoms with Crippen LogP contribution in [0.15, 0.2) is 18.2 Å². The third kappa shape index (κ3) is 2.76. The summed E-state index contributed by atoms with van der Waals surface area (Å²) in [4.78, 5) is 11.2. The first-order valence-corrected chi connectivity index (χ1v) is 4.82. The van der Waals surface area contributed by atoms with Crippen molar-refractivity contribution in [2.45, 2.75) is 13.0 Å². The predicted molar refractivity (Wildman–Crippen MR) is 61.0 cm³/mol. The van der Waals surface area contributed by atoms with E-state index in [1.165, 1.54) is 7.11 Å². The number of ether oxygens (including phenoxy) is 1. The molecule has 3 N–H and O–H groups in total. The smallest absolute Gasteiger partial charge is 0.327 e. The van der Waals surface area contributed by atoms with Crippen molar-refractivity contribution in [3.05, 3.63) is 23.2 Å². The molecule has 15 heavy (non-hydrogen) atoms. The molecule has 0 aromatic heterocycles. The monoisotopic (exact) mass is 228 g/mol. The number of esters is 1. The molecule has 0 heterocycles. The van der Waals surface area contributed by atoms with Gasteiger partial charge in [-0.1, -0.05) is 17.7 Å². The van der Waals surface area contributed by atoms with Crippen molar-refractivity contribution >= 4 is 28.9 Å². The Labute approximate surface area is 93.4 Å². The van der Waals surface area contributed by atoms with Gasteiger partial charge in [-0.15, -0.1) is 0 Å². The first-order valence-electron chi connectivity index (χ1n) is 4.44. The van der Waals surface area contributed by atoms with Crippen molar-refractivity contribution in [3.8, 4) is 0 Å². The normalized spacial score (nSPS) is 11.9. The molecule has 5 heteroatoms. The Balaban J connectivity index is 2.85. The molecule has 0 radical (unpaired) electrons. The SMILES string of the molecule is COC(=O)C(C)Nc1c(N)cccc1Cl. The summed E-state index contributed by atoms with van der Waals surface area (Å²) in [5.74, 6) is -0.366. The molecule has 0 saturated carbocycles. The number of nitrogen functional groups attached to an aromatic ring is 1. The van der Waals surface area contributed by atoms with Crippen molar-refractivity contribution in [1.82, 2.24) is 0 Å². The quantitative estimate of drug-likeness (QED) is 0.613. The van der Waals surface area contributed by atoms with Crippen LogP contribution in [0.1, 0.15) is 6.92 Å². The first-order chi connectivity index (χ1) is 7.06. The lowest BCUT2D eigenvalue weighted by Gasteiger charge is -2.15. The van der Waals surface area contributed by atoms with Crippen LogP contribution in [0.4, 0.5) is 11.4 Å². The molecule has 82 valence electrons. The Hall–Kier alpha value is -1.42. The highest BCUT2D eigenvalue weighted by Gasteiger charge is 2.15. The minimum atomic E-state index is -0.489. The Morgan fingerprint density at radius 1 is 1.60 bits per heavy atom. The molecule has 0 bridgehead atoms. The number of rotatable bonds is 3. The number of halogens is 1. The number of hydrogen-bond donors (Lipinski definition) is 2. The van der Waals surface area contributed by atoms with E-state index >= 15 is 0 Å². The lowest BCUT2D eigenvalue weighted by Crippen LogP contribution is -2.27. The van der Waals surface area contributed by atoms with Crippen LogP contribution in [0.3, 0.4) is 0 Å². The zero-order valence-electron chi connectivity index (χ0n) is 8.58. The summed E-state index contributed by atoms with van der Waals surface area (Å²) < 4.78 is 4.58. The van der Waals surface area contributed by atoms with E-state index in [1.54, 1.807) is 25.1 Å². The van der Waals surface area contributed by atoms with Crippen LogP contribution >= 0.6 is 11.6 Å².